The summed E-state index contributed by atoms with van der Waals surface area (Å²) in [5, 5.41) is 5.37. The molecule has 0 aliphatic carbocycles. The van der Waals surface area contributed by atoms with Crippen molar-refractivity contribution in [3.63, 3.8) is 0 Å². The van der Waals surface area contributed by atoms with Crippen molar-refractivity contribution in [2.45, 2.75) is 57.6 Å². The smallest absolute Gasteiger partial charge is 0.321 e. The van der Waals surface area contributed by atoms with E-state index >= 15 is 0 Å². The van der Waals surface area contributed by atoms with E-state index in [1.54, 1.807) is 29.7 Å². The Hall–Kier alpha value is -2.35. The van der Waals surface area contributed by atoms with Gasteiger partial charge in [-0.2, -0.15) is 0 Å². The molecule has 0 unspecified atom stereocenters. The average Bonchev–Trinajstić information content (AvgIpc) is 2.57. The zero-order chi connectivity index (χ0) is 20.1. The molecule has 0 aliphatic rings. The highest BCUT2D eigenvalue weighted by Gasteiger charge is 2.21. The van der Waals surface area contributed by atoms with Crippen LogP contribution in [0.25, 0.3) is 10.9 Å². The normalized spacial score (nSPS) is 12.4. The van der Waals surface area contributed by atoms with Crippen LogP contribution in [0, 0.1) is 5.92 Å². The number of hydrogen-bond acceptors (Lipinski definition) is 5. The standard InChI is InChI=1S/C19H26N4O3S/c1-11(2)10-23-17(25)14-8-6-7-9-15(14)21-19(23)27-13(5)16(24)22-18(26)20-12(3)4/h6-9,11-13H,10H2,1-5H3,(H2,20,22,24,26)/t13-/m0/s1. The first-order valence-corrected chi connectivity index (χ1v) is 9.84. The van der Waals surface area contributed by atoms with Gasteiger partial charge in [-0.15, -0.1) is 0 Å². The molecule has 146 valence electrons. The summed E-state index contributed by atoms with van der Waals surface area (Å²) in [6.45, 7) is 9.84. The highest BCUT2D eigenvalue weighted by molar-refractivity contribution is 8.00. The lowest BCUT2D eigenvalue weighted by molar-refractivity contribution is -0.119. The topological polar surface area (TPSA) is 93.1 Å². The highest BCUT2D eigenvalue weighted by atomic mass is 32.2. The van der Waals surface area contributed by atoms with Crippen molar-refractivity contribution in [3.05, 3.63) is 34.6 Å². The highest BCUT2D eigenvalue weighted by Crippen LogP contribution is 2.23. The molecule has 2 aromatic rings. The number of imide groups is 1. The van der Waals surface area contributed by atoms with Gasteiger partial charge in [-0.25, -0.2) is 9.78 Å². The number of fused-ring (bicyclic) bond motifs is 1. The molecule has 0 radical (unpaired) electrons. The third-order valence-electron chi connectivity index (χ3n) is 3.68. The minimum Gasteiger partial charge on any atom is -0.336 e. The van der Waals surface area contributed by atoms with Crippen molar-refractivity contribution in [2.75, 3.05) is 0 Å². The van der Waals surface area contributed by atoms with Gasteiger partial charge < -0.3 is 5.32 Å². The number of thioether (sulfide) groups is 1. The summed E-state index contributed by atoms with van der Waals surface area (Å²) in [6, 6.07) is 6.56. The van der Waals surface area contributed by atoms with E-state index in [9.17, 15) is 14.4 Å². The Morgan fingerprint density at radius 2 is 1.81 bits per heavy atom. The van der Waals surface area contributed by atoms with Crippen LogP contribution in [0.2, 0.25) is 0 Å². The lowest BCUT2D eigenvalue weighted by Crippen LogP contribution is -2.45. The van der Waals surface area contributed by atoms with Gasteiger partial charge in [0.15, 0.2) is 5.16 Å². The Morgan fingerprint density at radius 1 is 1.15 bits per heavy atom. The van der Waals surface area contributed by atoms with Crippen LogP contribution >= 0.6 is 11.8 Å². The maximum Gasteiger partial charge on any atom is 0.321 e. The number of amides is 3. The number of nitrogens with zero attached hydrogens (tertiary/aromatic N) is 2. The van der Waals surface area contributed by atoms with Gasteiger partial charge in [-0.1, -0.05) is 37.7 Å². The second-order valence-corrected chi connectivity index (χ2v) is 8.41. The molecule has 1 aromatic heterocycles. The van der Waals surface area contributed by atoms with E-state index in [0.717, 1.165) is 0 Å². The summed E-state index contributed by atoms with van der Waals surface area (Å²) in [5.74, 6) is -0.192. The average molecular weight is 391 g/mol. The minimum atomic E-state index is -0.589. The molecule has 27 heavy (non-hydrogen) atoms. The van der Waals surface area contributed by atoms with E-state index in [1.165, 1.54) is 11.8 Å². The zero-order valence-corrected chi connectivity index (χ0v) is 17.1. The fraction of sp³-hybridized carbons (Fsp3) is 0.474. The second-order valence-electron chi connectivity index (χ2n) is 7.10. The van der Waals surface area contributed by atoms with Gasteiger partial charge in [0.2, 0.25) is 5.91 Å². The molecule has 7 nitrogen and oxygen atoms in total. The van der Waals surface area contributed by atoms with Crippen LogP contribution in [0.1, 0.15) is 34.6 Å². The van der Waals surface area contributed by atoms with Crippen LogP contribution in [0.4, 0.5) is 4.79 Å². The Balaban J connectivity index is 2.29. The number of rotatable bonds is 6. The lowest BCUT2D eigenvalue weighted by atomic mass is 10.2. The summed E-state index contributed by atoms with van der Waals surface area (Å²) in [5.41, 5.74) is 0.470. The number of urea groups is 1. The third kappa shape index (κ3) is 5.56. The van der Waals surface area contributed by atoms with E-state index in [2.05, 4.69) is 15.6 Å². The molecule has 0 aliphatic heterocycles. The molecule has 1 aromatic carbocycles. The molecule has 2 N–H and O–H groups in total. The first-order chi connectivity index (χ1) is 12.7. The fourth-order valence-corrected chi connectivity index (χ4v) is 3.41. The number of hydrogen-bond donors (Lipinski definition) is 2. The Labute approximate surface area is 162 Å². The minimum absolute atomic E-state index is 0.0702. The summed E-state index contributed by atoms with van der Waals surface area (Å²) in [4.78, 5) is 41.5. The van der Waals surface area contributed by atoms with Crippen molar-refractivity contribution in [1.82, 2.24) is 20.2 Å². The fourth-order valence-electron chi connectivity index (χ4n) is 2.49. The maximum atomic E-state index is 12.9. The summed E-state index contributed by atoms with van der Waals surface area (Å²) >= 11 is 1.17. The van der Waals surface area contributed by atoms with Crippen LogP contribution in [0.15, 0.2) is 34.2 Å². The van der Waals surface area contributed by atoms with Crippen LogP contribution in [-0.2, 0) is 11.3 Å². The van der Waals surface area contributed by atoms with Crippen molar-refractivity contribution in [3.8, 4) is 0 Å². The SMILES string of the molecule is CC(C)Cn1c(S[C@@H](C)C(=O)NC(=O)NC(C)C)nc2ccccc2c1=O. The Morgan fingerprint density at radius 3 is 2.44 bits per heavy atom. The van der Waals surface area contributed by atoms with Crippen LogP contribution in [0.5, 0.6) is 0 Å². The van der Waals surface area contributed by atoms with E-state index in [4.69, 9.17) is 0 Å². The zero-order valence-electron chi connectivity index (χ0n) is 16.3. The molecule has 1 atom stereocenters. The van der Waals surface area contributed by atoms with Gasteiger partial charge in [0.25, 0.3) is 5.56 Å². The summed E-state index contributed by atoms with van der Waals surface area (Å²) in [6.07, 6.45) is 0. The number of aromatic nitrogens is 2. The number of benzene rings is 1. The van der Waals surface area contributed by atoms with E-state index in [1.807, 2.05) is 33.8 Å². The second kappa shape index (κ2) is 9.03. The van der Waals surface area contributed by atoms with E-state index in [0.29, 0.717) is 22.6 Å². The molecular weight excluding hydrogens is 364 g/mol. The predicted octanol–water partition coefficient (Wildman–Crippen LogP) is 2.77. The van der Waals surface area contributed by atoms with Gasteiger partial charge in [-0.3, -0.25) is 19.5 Å². The van der Waals surface area contributed by atoms with Crippen LogP contribution in [0.3, 0.4) is 0 Å². The molecule has 8 heteroatoms. The van der Waals surface area contributed by atoms with Gasteiger partial charge in [0.1, 0.15) is 0 Å². The van der Waals surface area contributed by atoms with E-state index < -0.39 is 17.2 Å². The van der Waals surface area contributed by atoms with Gasteiger partial charge in [-0.05, 0) is 38.8 Å². The maximum absolute atomic E-state index is 12.9. The summed E-state index contributed by atoms with van der Waals surface area (Å²) in [7, 11) is 0. The number of nitrogens with one attached hydrogen (secondary N) is 2. The molecule has 0 spiro atoms. The number of para-hydroxylation sites is 1. The van der Waals surface area contributed by atoms with Crippen molar-refractivity contribution < 1.29 is 9.59 Å². The molecule has 3 amide bonds. The summed E-state index contributed by atoms with van der Waals surface area (Å²) < 4.78 is 1.61. The van der Waals surface area contributed by atoms with Gasteiger partial charge in [0, 0.05) is 12.6 Å². The molecule has 0 bridgehead atoms. The molecule has 0 saturated carbocycles. The first-order valence-electron chi connectivity index (χ1n) is 8.96. The van der Waals surface area contributed by atoms with E-state index in [-0.39, 0.29) is 17.5 Å². The van der Waals surface area contributed by atoms with Crippen molar-refractivity contribution in [2.24, 2.45) is 5.92 Å². The first kappa shape index (κ1) is 21.0. The molecule has 0 fully saturated rings. The Bertz CT molecular complexity index is 892. The molecule has 0 saturated heterocycles. The van der Waals surface area contributed by atoms with Crippen LogP contribution < -0.4 is 16.2 Å². The van der Waals surface area contributed by atoms with Crippen molar-refractivity contribution >= 4 is 34.6 Å². The number of carbonyl (C=O) groups excluding carboxylic acids is 2. The Kier molecular flexibility index (Phi) is 7.01. The monoisotopic (exact) mass is 390 g/mol. The molecule has 1 heterocycles. The molecule has 2 rings (SSSR count). The van der Waals surface area contributed by atoms with Gasteiger partial charge >= 0.3 is 6.03 Å². The number of carbonyl (C=O) groups is 2. The van der Waals surface area contributed by atoms with Gasteiger partial charge in [0.05, 0.1) is 16.2 Å². The van der Waals surface area contributed by atoms with Crippen molar-refractivity contribution in [1.29, 1.82) is 0 Å². The third-order valence-corrected chi connectivity index (χ3v) is 4.77. The largest absolute Gasteiger partial charge is 0.336 e. The molecular formula is C19H26N4O3S. The van der Waals surface area contributed by atoms with Crippen LogP contribution in [-0.4, -0.2) is 32.8 Å². The lowest BCUT2D eigenvalue weighted by Gasteiger charge is -2.17. The quantitative estimate of drug-likeness (QED) is 0.584. The predicted molar refractivity (Wildman–Crippen MR) is 108 cm³/mol.